The van der Waals surface area contributed by atoms with Crippen LogP contribution in [0, 0.1) is 17.2 Å². The number of rotatable bonds is 5. The van der Waals surface area contributed by atoms with Crippen LogP contribution < -0.4 is 10.6 Å². The van der Waals surface area contributed by atoms with Gasteiger partial charge >= 0.3 is 0 Å². The molecule has 1 heterocycles. The normalized spacial score (nSPS) is 16.3. The number of hydrogen-bond acceptors (Lipinski definition) is 3. The number of pyridine rings is 1. The molecule has 2 N–H and O–H groups in total. The third-order valence-corrected chi connectivity index (χ3v) is 4.05. The van der Waals surface area contributed by atoms with Crippen LogP contribution in [0.4, 0.5) is 10.2 Å². The molecule has 0 radical (unpaired) electrons. The van der Waals surface area contributed by atoms with E-state index in [0.717, 1.165) is 19.0 Å². The van der Waals surface area contributed by atoms with Crippen LogP contribution in [0.2, 0.25) is 0 Å². The summed E-state index contributed by atoms with van der Waals surface area (Å²) in [6.45, 7) is 4.98. The summed E-state index contributed by atoms with van der Waals surface area (Å²) in [4.78, 5) is 16.0. The molecular weight excluding hydrogens is 245 g/mol. The predicted molar refractivity (Wildman–Crippen MR) is 72.6 cm³/mol. The summed E-state index contributed by atoms with van der Waals surface area (Å²) in [5, 5.41) is 5.70. The number of aromatic nitrogens is 1. The Kier molecular flexibility index (Phi) is 3.73. The van der Waals surface area contributed by atoms with Crippen molar-refractivity contribution >= 4 is 11.7 Å². The van der Waals surface area contributed by atoms with Crippen molar-refractivity contribution in [1.82, 2.24) is 10.3 Å². The Morgan fingerprint density at radius 1 is 1.53 bits per heavy atom. The highest BCUT2D eigenvalue weighted by atomic mass is 19.1. The second kappa shape index (κ2) is 5.15. The minimum Gasteiger partial charge on any atom is -0.372 e. The molecule has 0 unspecified atom stereocenters. The smallest absolute Gasteiger partial charge is 0.255 e. The van der Waals surface area contributed by atoms with Crippen LogP contribution >= 0.6 is 0 Å². The van der Waals surface area contributed by atoms with Crippen molar-refractivity contribution in [3.05, 3.63) is 23.6 Å². The van der Waals surface area contributed by atoms with Crippen LogP contribution in [-0.2, 0) is 0 Å². The average Bonchev–Trinajstić information content (AvgIpc) is 3.17. The van der Waals surface area contributed by atoms with E-state index in [9.17, 15) is 9.18 Å². The molecule has 0 bridgehead atoms. The number of carbonyl (C=O) groups excluding carboxylic acids is 1. The maximum Gasteiger partial charge on any atom is 0.255 e. The fourth-order valence-electron chi connectivity index (χ4n) is 2.28. The van der Waals surface area contributed by atoms with Crippen LogP contribution in [0.1, 0.15) is 37.0 Å². The Bertz CT molecular complexity index is 484. The van der Waals surface area contributed by atoms with Gasteiger partial charge in [0.25, 0.3) is 5.91 Å². The number of amides is 1. The van der Waals surface area contributed by atoms with Crippen molar-refractivity contribution < 1.29 is 9.18 Å². The van der Waals surface area contributed by atoms with Crippen molar-refractivity contribution in [3.63, 3.8) is 0 Å². The van der Waals surface area contributed by atoms with Crippen molar-refractivity contribution in [2.45, 2.75) is 26.7 Å². The Hall–Kier alpha value is -1.65. The molecule has 0 aliphatic heterocycles. The van der Waals surface area contributed by atoms with Crippen LogP contribution in [0.3, 0.4) is 0 Å². The van der Waals surface area contributed by atoms with Gasteiger partial charge in [0.2, 0.25) is 0 Å². The summed E-state index contributed by atoms with van der Waals surface area (Å²) in [7, 11) is 1.66. The van der Waals surface area contributed by atoms with Gasteiger partial charge in [-0.2, -0.15) is 0 Å². The zero-order valence-electron chi connectivity index (χ0n) is 11.6. The summed E-state index contributed by atoms with van der Waals surface area (Å²) in [5.41, 5.74) is 0.484. The van der Waals surface area contributed by atoms with Gasteiger partial charge in [0.1, 0.15) is 11.6 Å². The molecule has 1 aromatic heterocycles. The second-order valence-corrected chi connectivity index (χ2v) is 5.50. The summed E-state index contributed by atoms with van der Waals surface area (Å²) < 4.78 is 13.2. The maximum absolute atomic E-state index is 13.2. The maximum atomic E-state index is 13.2. The van der Waals surface area contributed by atoms with Crippen molar-refractivity contribution in [2.24, 2.45) is 11.3 Å². The highest BCUT2D eigenvalue weighted by molar-refractivity contribution is 5.98. The molecule has 104 valence electrons. The third kappa shape index (κ3) is 2.85. The van der Waals surface area contributed by atoms with Gasteiger partial charge in [-0.3, -0.25) is 4.79 Å². The van der Waals surface area contributed by atoms with Crippen molar-refractivity contribution in [3.8, 4) is 0 Å². The van der Waals surface area contributed by atoms with Gasteiger partial charge in [0, 0.05) is 13.6 Å². The highest BCUT2D eigenvalue weighted by Crippen LogP contribution is 2.51. The summed E-state index contributed by atoms with van der Waals surface area (Å²) in [6, 6.07) is 1.21. The van der Waals surface area contributed by atoms with Crippen molar-refractivity contribution in [1.29, 1.82) is 0 Å². The van der Waals surface area contributed by atoms with Gasteiger partial charge in [-0.05, 0) is 30.2 Å². The summed E-state index contributed by atoms with van der Waals surface area (Å²) in [6.07, 6.45) is 3.38. The first kappa shape index (κ1) is 13.8. The fraction of sp³-hybridized carbons (Fsp3) is 0.571. The van der Waals surface area contributed by atoms with E-state index in [-0.39, 0.29) is 16.9 Å². The molecule has 4 nitrogen and oxygen atoms in total. The molecule has 1 aliphatic carbocycles. The SMILES string of the molecule is CNc1ncc(F)cc1C(=O)NCC1(C(C)C)CC1. The molecule has 2 rings (SSSR count). The van der Waals surface area contributed by atoms with E-state index in [1.54, 1.807) is 7.05 Å². The third-order valence-electron chi connectivity index (χ3n) is 4.05. The van der Waals surface area contributed by atoms with E-state index in [1.807, 2.05) is 0 Å². The van der Waals surface area contributed by atoms with Gasteiger partial charge < -0.3 is 10.6 Å². The number of nitrogens with zero attached hydrogens (tertiary/aromatic N) is 1. The highest BCUT2D eigenvalue weighted by Gasteiger charge is 2.45. The average molecular weight is 265 g/mol. The lowest BCUT2D eigenvalue weighted by Gasteiger charge is -2.20. The molecule has 1 saturated carbocycles. The van der Waals surface area contributed by atoms with Crippen LogP contribution in [-0.4, -0.2) is 24.5 Å². The molecule has 0 aromatic carbocycles. The molecular formula is C14H20FN3O. The lowest BCUT2D eigenvalue weighted by Crippen LogP contribution is -2.33. The fourth-order valence-corrected chi connectivity index (χ4v) is 2.28. The van der Waals surface area contributed by atoms with E-state index < -0.39 is 5.82 Å². The number of nitrogens with one attached hydrogen (secondary N) is 2. The van der Waals surface area contributed by atoms with E-state index in [4.69, 9.17) is 0 Å². The van der Waals surface area contributed by atoms with E-state index in [1.165, 1.54) is 6.07 Å². The number of carbonyl (C=O) groups is 1. The van der Waals surface area contributed by atoms with Gasteiger partial charge in [-0.15, -0.1) is 0 Å². The Morgan fingerprint density at radius 2 is 2.21 bits per heavy atom. The zero-order chi connectivity index (χ0) is 14.0. The Labute approximate surface area is 112 Å². The number of anilines is 1. The quantitative estimate of drug-likeness (QED) is 0.859. The molecule has 0 saturated heterocycles. The minimum absolute atomic E-state index is 0.232. The summed E-state index contributed by atoms with van der Waals surface area (Å²) >= 11 is 0. The minimum atomic E-state index is -0.505. The van der Waals surface area contributed by atoms with Gasteiger partial charge in [0.15, 0.2) is 0 Å². The molecule has 1 aliphatic rings. The van der Waals surface area contributed by atoms with Crippen molar-refractivity contribution in [2.75, 3.05) is 18.9 Å². The van der Waals surface area contributed by atoms with Gasteiger partial charge in [-0.25, -0.2) is 9.37 Å². The van der Waals surface area contributed by atoms with E-state index >= 15 is 0 Å². The molecule has 0 atom stereocenters. The van der Waals surface area contributed by atoms with Crippen LogP contribution in [0.15, 0.2) is 12.3 Å². The van der Waals surface area contributed by atoms with Gasteiger partial charge in [0.05, 0.1) is 11.8 Å². The van der Waals surface area contributed by atoms with E-state index in [0.29, 0.717) is 18.3 Å². The monoisotopic (exact) mass is 265 g/mol. The van der Waals surface area contributed by atoms with Crippen LogP contribution in [0.25, 0.3) is 0 Å². The first-order valence-electron chi connectivity index (χ1n) is 6.60. The second-order valence-electron chi connectivity index (χ2n) is 5.50. The first-order valence-corrected chi connectivity index (χ1v) is 6.60. The Balaban J connectivity index is 2.06. The lowest BCUT2D eigenvalue weighted by atomic mass is 9.92. The van der Waals surface area contributed by atoms with Crippen LogP contribution in [0.5, 0.6) is 0 Å². The standard InChI is InChI=1S/C14H20FN3O/c1-9(2)14(4-5-14)8-18-13(19)11-6-10(15)7-17-12(11)16-3/h6-7,9H,4-5,8H2,1-3H3,(H,16,17)(H,18,19). The molecule has 1 amide bonds. The topological polar surface area (TPSA) is 54.0 Å². The van der Waals surface area contributed by atoms with E-state index in [2.05, 4.69) is 29.5 Å². The zero-order valence-corrected chi connectivity index (χ0v) is 11.6. The van der Waals surface area contributed by atoms with Gasteiger partial charge in [-0.1, -0.05) is 13.8 Å². The number of hydrogen-bond donors (Lipinski definition) is 2. The first-order chi connectivity index (χ1) is 8.98. The predicted octanol–water partition coefficient (Wildman–Crippen LogP) is 2.43. The Morgan fingerprint density at radius 3 is 2.74 bits per heavy atom. The largest absolute Gasteiger partial charge is 0.372 e. The molecule has 5 heteroatoms. The summed E-state index contributed by atoms with van der Waals surface area (Å²) in [5.74, 6) is 0.160. The molecule has 1 aromatic rings. The number of halogens is 1. The lowest BCUT2D eigenvalue weighted by molar-refractivity contribution is 0.0940. The molecule has 19 heavy (non-hydrogen) atoms. The molecule has 0 spiro atoms. The molecule has 1 fully saturated rings.